The van der Waals surface area contributed by atoms with Crippen molar-refractivity contribution >= 4 is 10.8 Å². The molecular weight excluding hydrogens is 232 g/mol. The molecule has 17 heavy (non-hydrogen) atoms. The predicted molar refractivity (Wildman–Crippen MR) is 71.5 cm³/mol. The molecule has 1 atom stereocenters. The number of aromatic nitrogens is 2. The monoisotopic (exact) mass is 250 g/mol. The molecule has 1 aromatic carbocycles. The van der Waals surface area contributed by atoms with Crippen molar-refractivity contribution in [2.75, 3.05) is 6.26 Å². The Morgan fingerprint density at radius 2 is 1.88 bits per heavy atom. The van der Waals surface area contributed by atoms with Gasteiger partial charge in [-0.25, -0.2) is 0 Å². The van der Waals surface area contributed by atoms with E-state index < -0.39 is 10.8 Å². The first-order chi connectivity index (χ1) is 8.25. The third-order valence-corrected chi connectivity index (χ3v) is 3.00. The highest BCUT2D eigenvalue weighted by atomic mass is 32.2. The first kappa shape index (κ1) is 13.6. The zero-order valence-corrected chi connectivity index (χ0v) is 11.3. The molecule has 0 saturated heterocycles. The van der Waals surface area contributed by atoms with E-state index in [1.54, 1.807) is 17.1 Å². The third-order valence-electron chi connectivity index (χ3n) is 2.13. The third kappa shape index (κ3) is 4.15. The lowest BCUT2D eigenvalue weighted by atomic mass is 10.2. The maximum absolute atomic E-state index is 11.2. The topological polar surface area (TPSA) is 34.9 Å². The van der Waals surface area contributed by atoms with Crippen LogP contribution in [0.2, 0.25) is 0 Å². The van der Waals surface area contributed by atoms with Gasteiger partial charge in [0, 0.05) is 12.5 Å². The average molecular weight is 250 g/mol. The minimum atomic E-state index is -0.949. The van der Waals surface area contributed by atoms with Crippen LogP contribution in [0.3, 0.4) is 0 Å². The molecule has 0 N–H and O–H groups in total. The lowest BCUT2D eigenvalue weighted by Crippen LogP contribution is -1.99. The largest absolute Gasteiger partial charge is 0.267 e. The van der Waals surface area contributed by atoms with Crippen molar-refractivity contribution in [3.8, 4) is 0 Å². The molecule has 1 unspecified atom stereocenters. The molecule has 4 heteroatoms. The maximum Gasteiger partial charge on any atom is 0.0764 e. The van der Waals surface area contributed by atoms with Crippen LogP contribution in [0.25, 0.3) is 0 Å². The van der Waals surface area contributed by atoms with E-state index in [0.717, 1.165) is 11.4 Å². The van der Waals surface area contributed by atoms with Gasteiger partial charge in [-0.1, -0.05) is 44.2 Å². The molecule has 0 saturated carbocycles. The van der Waals surface area contributed by atoms with Crippen molar-refractivity contribution < 1.29 is 4.21 Å². The van der Waals surface area contributed by atoms with Crippen molar-refractivity contribution in [1.82, 2.24) is 9.78 Å². The standard InChI is InChI=1S/C11H12N2OS.C2H6/c1-15(14)11-7-12-13(9-11)8-10-5-3-2-4-6-10;1-2/h2-7,9H,8H2,1H3;1-2H3. The molecule has 0 aliphatic heterocycles. The molecule has 0 radical (unpaired) electrons. The second kappa shape index (κ2) is 7.01. The highest BCUT2D eigenvalue weighted by Crippen LogP contribution is 2.05. The fourth-order valence-corrected chi connectivity index (χ4v) is 1.82. The zero-order valence-electron chi connectivity index (χ0n) is 10.5. The van der Waals surface area contributed by atoms with E-state index in [1.165, 1.54) is 5.56 Å². The van der Waals surface area contributed by atoms with Gasteiger partial charge in [0.1, 0.15) is 0 Å². The summed E-state index contributed by atoms with van der Waals surface area (Å²) in [6.45, 7) is 4.72. The van der Waals surface area contributed by atoms with Gasteiger partial charge in [-0.05, 0) is 5.56 Å². The summed E-state index contributed by atoms with van der Waals surface area (Å²) in [6, 6.07) is 10.1. The lowest BCUT2D eigenvalue weighted by Gasteiger charge is -2.00. The van der Waals surface area contributed by atoms with Gasteiger partial charge in [0.25, 0.3) is 0 Å². The Bertz CT molecular complexity index is 465. The van der Waals surface area contributed by atoms with Crippen molar-refractivity contribution in [2.45, 2.75) is 25.3 Å². The van der Waals surface area contributed by atoms with Crippen LogP contribution < -0.4 is 0 Å². The normalized spacial score (nSPS) is 11.5. The first-order valence-corrected chi connectivity index (χ1v) is 7.21. The van der Waals surface area contributed by atoms with E-state index >= 15 is 0 Å². The van der Waals surface area contributed by atoms with E-state index in [4.69, 9.17) is 0 Å². The Hall–Kier alpha value is -1.42. The Morgan fingerprint density at radius 1 is 1.24 bits per heavy atom. The van der Waals surface area contributed by atoms with Crippen LogP contribution in [0.5, 0.6) is 0 Å². The lowest BCUT2D eigenvalue weighted by molar-refractivity contribution is 0.681. The molecule has 2 rings (SSSR count). The van der Waals surface area contributed by atoms with Crippen molar-refractivity contribution in [2.24, 2.45) is 0 Å². The smallest absolute Gasteiger partial charge is 0.0764 e. The summed E-state index contributed by atoms with van der Waals surface area (Å²) in [5, 5.41) is 4.16. The number of benzene rings is 1. The molecular formula is C13H18N2OS. The molecule has 1 heterocycles. The summed E-state index contributed by atoms with van der Waals surface area (Å²) in [6.07, 6.45) is 5.13. The Morgan fingerprint density at radius 3 is 2.41 bits per heavy atom. The fraction of sp³-hybridized carbons (Fsp3) is 0.308. The second-order valence-electron chi connectivity index (χ2n) is 3.31. The Labute approximate surface area is 105 Å². The van der Waals surface area contributed by atoms with Crippen LogP contribution in [0.1, 0.15) is 19.4 Å². The first-order valence-electron chi connectivity index (χ1n) is 5.65. The Kier molecular flexibility index (Phi) is 5.63. The van der Waals surface area contributed by atoms with Gasteiger partial charge in [-0.3, -0.25) is 8.89 Å². The van der Waals surface area contributed by atoms with Crippen LogP contribution >= 0.6 is 0 Å². The van der Waals surface area contributed by atoms with Gasteiger partial charge in [-0.15, -0.1) is 0 Å². The second-order valence-corrected chi connectivity index (χ2v) is 4.69. The number of nitrogens with zero attached hydrogens (tertiary/aromatic N) is 2. The van der Waals surface area contributed by atoms with Crippen LogP contribution in [0.15, 0.2) is 47.6 Å². The summed E-state index contributed by atoms with van der Waals surface area (Å²) in [7, 11) is -0.949. The van der Waals surface area contributed by atoms with Gasteiger partial charge < -0.3 is 0 Å². The minimum absolute atomic E-state index is 0.720. The Balaban J connectivity index is 0.000000686. The van der Waals surface area contributed by atoms with E-state index in [0.29, 0.717) is 0 Å². The van der Waals surface area contributed by atoms with Crippen molar-refractivity contribution in [3.05, 3.63) is 48.3 Å². The van der Waals surface area contributed by atoms with Crippen molar-refractivity contribution in [1.29, 1.82) is 0 Å². The molecule has 0 aliphatic carbocycles. The average Bonchev–Trinajstić information content (AvgIpc) is 2.82. The van der Waals surface area contributed by atoms with Gasteiger partial charge in [0.2, 0.25) is 0 Å². The molecule has 3 nitrogen and oxygen atoms in total. The summed E-state index contributed by atoms with van der Waals surface area (Å²) in [5.74, 6) is 0. The van der Waals surface area contributed by atoms with E-state index in [2.05, 4.69) is 5.10 Å². The summed E-state index contributed by atoms with van der Waals surface area (Å²) >= 11 is 0. The number of hydrogen-bond donors (Lipinski definition) is 0. The molecule has 92 valence electrons. The molecule has 0 aliphatic rings. The maximum atomic E-state index is 11.2. The SMILES string of the molecule is CC.CS(=O)c1cnn(Cc2ccccc2)c1. The molecule has 0 amide bonds. The van der Waals surface area contributed by atoms with E-state index in [9.17, 15) is 4.21 Å². The van der Waals surface area contributed by atoms with E-state index in [-0.39, 0.29) is 0 Å². The predicted octanol–water partition coefficient (Wildman–Crippen LogP) is 2.70. The van der Waals surface area contributed by atoms with Crippen LogP contribution in [0.4, 0.5) is 0 Å². The van der Waals surface area contributed by atoms with Gasteiger partial charge in [-0.2, -0.15) is 5.10 Å². The molecule has 1 aromatic heterocycles. The quantitative estimate of drug-likeness (QED) is 0.839. The fourth-order valence-electron chi connectivity index (χ4n) is 1.35. The summed E-state index contributed by atoms with van der Waals surface area (Å²) in [4.78, 5) is 0.769. The van der Waals surface area contributed by atoms with Gasteiger partial charge in [0.15, 0.2) is 0 Å². The highest BCUT2D eigenvalue weighted by molar-refractivity contribution is 7.84. The van der Waals surface area contributed by atoms with Crippen LogP contribution in [-0.4, -0.2) is 20.2 Å². The molecule has 0 fully saturated rings. The number of rotatable bonds is 3. The summed E-state index contributed by atoms with van der Waals surface area (Å²) in [5.41, 5.74) is 1.19. The number of hydrogen-bond acceptors (Lipinski definition) is 2. The van der Waals surface area contributed by atoms with E-state index in [1.807, 2.05) is 50.4 Å². The van der Waals surface area contributed by atoms with Crippen LogP contribution in [0, 0.1) is 0 Å². The van der Waals surface area contributed by atoms with Crippen LogP contribution in [-0.2, 0) is 17.3 Å². The summed E-state index contributed by atoms with van der Waals surface area (Å²) < 4.78 is 13.0. The van der Waals surface area contributed by atoms with Crippen molar-refractivity contribution in [3.63, 3.8) is 0 Å². The highest BCUT2D eigenvalue weighted by Gasteiger charge is 2.01. The molecule has 0 spiro atoms. The minimum Gasteiger partial charge on any atom is -0.267 e. The molecule has 0 bridgehead atoms. The van der Waals surface area contributed by atoms with Gasteiger partial charge in [0.05, 0.1) is 28.4 Å². The van der Waals surface area contributed by atoms with Gasteiger partial charge >= 0.3 is 0 Å². The molecule has 2 aromatic rings. The zero-order chi connectivity index (χ0) is 12.7.